The second-order valence-electron chi connectivity index (χ2n) is 5.62. The van der Waals surface area contributed by atoms with Gasteiger partial charge in [0.25, 0.3) is 0 Å². The van der Waals surface area contributed by atoms with Crippen molar-refractivity contribution in [2.24, 2.45) is 0 Å². The minimum atomic E-state index is -0.134. The summed E-state index contributed by atoms with van der Waals surface area (Å²) in [5, 5.41) is 0. The van der Waals surface area contributed by atoms with Crippen molar-refractivity contribution in [3.63, 3.8) is 0 Å². The Morgan fingerprint density at radius 2 is 1.22 bits per heavy atom. The fourth-order valence-electron chi connectivity index (χ4n) is 2.15. The summed E-state index contributed by atoms with van der Waals surface area (Å²) in [6.45, 7) is 9.96. The van der Waals surface area contributed by atoms with Gasteiger partial charge in [0.2, 0.25) is 0 Å². The Balaban J connectivity index is 2.08. The summed E-state index contributed by atoms with van der Waals surface area (Å²) >= 11 is 3.66. The molecule has 0 radical (unpaired) electrons. The van der Waals surface area contributed by atoms with Gasteiger partial charge in [-0.3, -0.25) is 0 Å². The first-order valence-corrected chi connectivity index (χ1v) is 7.80. The maximum atomic E-state index is 5.86. The van der Waals surface area contributed by atoms with Gasteiger partial charge in [-0.1, -0.05) is 35.7 Å². The molecule has 0 saturated carbocycles. The first-order chi connectivity index (χ1) is 8.36. The van der Waals surface area contributed by atoms with Crippen molar-refractivity contribution in [3.05, 3.63) is 23.3 Å². The number of ether oxygens (including phenoxy) is 2. The van der Waals surface area contributed by atoms with Gasteiger partial charge in [0, 0.05) is 9.79 Å². The fourth-order valence-corrected chi connectivity index (χ4v) is 4.58. The summed E-state index contributed by atoms with van der Waals surface area (Å²) in [4.78, 5) is 2.52. The zero-order valence-electron chi connectivity index (χ0n) is 11.2. The first-order valence-electron chi connectivity index (χ1n) is 6.17. The molecule has 2 aliphatic heterocycles. The van der Waals surface area contributed by atoms with E-state index in [9.17, 15) is 0 Å². The molecule has 0 atom stereocenters. The van der Waals surface area contributed by atoms with Crippen LogP contribution in [0.4, 0.5) is 0 Å². The topological polar surface area (TPSA) is 18.5 Å². The lowest BCUT2D eigenvalue weighted by atomic mass is 10.1. The SMILES string of the molecule is CC1(C)OCc2ccc3c(c2S1)SC(C)(C)OC3. The lowest BCUT2D eigenvalue weighted by Crippen LogP contribution is -2.27. The van der Waals surface area contributed by atoms with Crippen LogP contribution in [0.2, 0.25) is 0 Å². The molecule has 2 nitrogen and oxygen atoms in total. The van der Waals surface area contributed by atoms with Gasteiger partial charge in [-0.15, -0.1) is 0 Å². The lowest BCUT2D eigenvalue weighted by Gasteiger charge is -2.37. The van der Waals surface area contributed by atoms with E-state index in [1.165, 1.54) is 20.9 Å². The van der Waals surface area contributed by atoms with Crippen LogP contribution in [0.25, 0.3) is 0 Å². The summed E-state index contributed by atoms with van der Waals surface area (Å²) in [5.41, 5.74) is 2.62. The molecule has 0 bridgehead atoms. The lowest BCUT2D eigenvalue weighted by molar-refractivity contribution is 0.0279. The number of rotatable bonds is 0. The van der Waals surface area contributed by atoms with Crippen LogP contribution < -0.4 is 0 Å². The van der Waals surface area contributed by atoms with Crippen molar-refractivity contribution in [2.75, 3.05) is 0 Å². The molecule has 0 N–H and O–H groups in total. The van der Waals surface area contributed by atoms with Crippen LogP contribution in [0, 0.1) is 0 Å². The summed E-state index contributed by atoms with van der Waals surface area (Å²) < 4.78 is 11.7. The molecular formula is C14H18O2S2. The van der Waals surface area contributed by atoms with Crippen LogP contribution in [0.1, 0.15) is 38.8 Å². The molecule has 0 unspecified atom stereocenters. The Bertz CT molecular complexity index is 450. The molecule has 98 valence electrons. The Morgan fingerprint density at radius 1 is 0.833 bits per heavy atom. The molecule has 1 aromatic rings. The Hall–Kier alpha value is -0.160. The monoisotopic (exact) mass is 282 g/mol. The number of hydrogen-bond acceptors (Lipinski definition) is 4. The van der Waals surface area contributed by atoms with Crippen molar-refractivity contribution in [1.29, 1.82) is 0 Å². The summed E-state index contributed by atoms with van der Waals surface area (Å²) in [6.07, 6.45) is 0. The van der Waals surface area contributed by atoms with Gasteiger partial charge < -0.3 is 9.47 Å². The van der Waals surface area contributed by atoms with Gasteiger partial charge in [-0.05, 0) is 38.8 Å². The summed E-state index contributed by atoms with van der Waals surface area (Å²) in [7, 11) is 0. The number of hydrogen-bond donors (Lipinski definition) is 0. The number of thioether (sulfide) groups is 2. The van der Waals surface area contributed by atoms with E-state index in [0.29, 0.717) is 13.2 Å². The second-order valence-corrected chi connectivity index (χ2v) is 8.81. The molecule has 1 aromatic carbocycles. The molecule has 0 aromatic heterocycles. The third-order valence-corrected chi connectivity index (χ3v) is 5.81. The Labute approximate surface area is 117 Å². The van der Waals surface area contributed by atoms with E-state index in [0.717, 1.165) is 0 Å². The number of fused-ring (bicyclic) bond motifs is 3. The van der Waals surface area contributed by atoms with E-state index in [2.05, 4.69) is 39.8 Å². The van der Waals surface area contributed by atoms with E-state index in [1.807, 2.05) is 23.5 Å². The first kappa shape index (κ1) is 12.9. The van der Waals surface area contributed by atoms with E-state index in [1.54, 1.807) is 0 Å². The fraction of sp³-hybridized carbons (Fsp3) is 0.571. The molecule has 0 spiro atoms. The predicted octanol–water partition coefficient (Wildman–Crippen LogP) is 4.40. The minimum absolute atomic E-state index is 0.134. The standard InChI is InChI=1S/C14H18O2S2/c1-13(2)15-7-9-5-6-10-8-16-14(3,4)18-12(10)11(9)17-13/h5-6H,7-8H2,1-4H3. The maximum absolute atomic E-state index is 5.86. The average Bonchev–Trinajstić information content (AvgIpc) is 2.27. The third-order valence-electron chi connectivity index (χ3n) is 3.12. The normalized spacial score (nSPS) is 24.2. The van der Waals surface area contributed by atoms with Crippen LogP contribution >= 0.6 is 23.5 Å². The molecule has 0 fully saturated rings. The highest BCUT2D eigenvalue weighted by Gasteiger charge is 2.34. The van der Waals surface area contributed by atoms with Crippen molar-refractivity contribution in [1.82, 2.24) is 0 Å². The molecule has 3 rings (SSSR count). The Kier molecular flexibility index (Phi) is 2.98. The van der Waals surface area contributed by atoms with E-state index < -0.39 is 0 Å². The molecule has 0 amide bonds. The van der Waals surface area contributed by atoms with Gasteiger partial charge in [0.05, 0.1) is 13.2 Å². The van der Waals surface area contributed by atoms with Gasteiger partial charge in [-0.25, -0.2) is 0 Å². The maximum Gasteiger partial charge on any atom is 0.113 e. The highest BCUT2D eigenvalue weighted by Crippen LogP contribution is 2.51. The van der Waals surface area contributed by atoms with Crippen LogP contribution in [-0.4, -0.2) is 9.87 Å². The van der Waals surface area contributed by atoms with Gasteiger partial charge >= 0.3 is 0 Å². The highest BCUT2D eigenvalue weighted by atomic mass is 32.2. The number of benzene rings is 1. The Morgan fingerprint density at radius 3 is 1.61 bits per heavy atom. The van der Waals surface area contributed by atoms with E-state index >= 15 is 0 Å². The van der Waals surface area contributed by atoms with Crippen molar-refractivity contribution in [2.45, 2.75) is 60.6 Å². The molecule has 0 saturated heterocycles. The minimum Gasteiger partial charge on any atom is -0.360 e. The average molecular weight is 282 g/mol. The van der Waals surface area contributed by atoms with Gasteiger partial charge in [0.15, 0.2) is 0 Å². The predicted molar refractivity (Wildman–Crippen MR) is 75.9 cm³/mol. The molecule has 18 heavy (non-hydrogen) atoms. The van der Waals surface area contributed by atoms with Crippen molar-refractivity contribution >= 4 is 23.5 Å². The van der Waals surface area contributed by atoms with Crippen LogP contribution in [0.5, 0.6) is 0 Å². The highest BCUT2D eigenvalue weighted by molar-refractivity contribution is 8.03. The van der Waals surface area contributed by atoms with Crippen LogP contribution in [-0.2, 0) is 22.7 Å². The van der Waals surface area contributed by atoms with E-state index in [4.69, 9.17) is 9.47 Å². The van der Waals surface area contributed by atoms with Gasteiger partial charge in [-0.2, -0.15) is 0 Å². The summed E-state index contributed by atoms with van der Waals surface area (Å²) in [6, 6.07) is 4.36. The van der Waals surface area contributed by atoms with Crippen LogP contribution in [0.15, 0.2) is 21.9 Å². The third kappa shape index (κ3) is 2.31. The molecular weight excluding hydrogens is 264 g/mol. The van der Waals surface area contributed by atoms with Gasteiger partial charge in [0.1, 0.15) is 9.87 Å². The van der Waals surface area contributed by atoms with E-state index in [-0.39, 0.29) is 9.87 Å². The molecule has 0 aliphatic carbocycles. The van der Waals surface area contributed by atoms with Crippen molar-refractivity contribution in [3.8, 4) is 0 Å². The van der Waals surface area contributed by atoms with Crippen molar-refractivity contribution < 1.29 is 9.47 Å². The largest absolute Gasteiger partial charge is 0.360 e. The molecule has 4 heteroatoms. The van der Waals surface area contributed by atoms with Crippen LogP contribution in [0.3, 0.4) is 0 Å². The molecule has 2 aliphatic rings. The molecule has 2 heterocycles. The zero-order valence-corrected chi connectivity index (χ0v) is 12.8. The smallest absolute Gasteiger partial charge is 0.113 e. The zero-order chi connectivity index (χ0) is 13.0. The second kappa shape index (κ2) is 4.17. The summed E-state index contributed by atoms with van der Waals surface area (Å²) in [5.74, 6) is 0. The quantitative estimate of drug-likeness (QED) is 0.701.